The first kappa shape index (κ1) is 12.3. The standard InChI is InChI=1S/C11H14FNO3/c1-3-16-11(14)7-13-8-4-5-10(15-2)9(12)6-8/h4-6,13H,3,7H2,1-2H3. The molecule has 0 spiro atoms. The molecule has 0 aromatic heterocycles. The van der Waals surface area contributed by atoms with Crippen LogP contribution in [0.3, 0.4) is 0 Å². The first-order chi connectivity index (χ1) is 7.67. The van der Waals surface area contributed by atoms with Crippen LogP contribution in [0.5, 0.6) is 5.75 Å². The lowest BCUT2D eigenvalue weighted by Crippen LogP contribution is -2.16. The number of halogens is 1. The van der Waals surface area contributed by atoms with Gasteiger partial charge in [-0.3, -0.25) is 4.79 Å². The number of methoxy groups -OCH3 is 1. The van der Waals surface area contributed by atoms with E-state index >= 15 is 0 Å². The average molecular weight is 227 g/mol. The normalized spacial score (nSPS) is 9.69. The van der Waals surface area contributed by atoms with Crippen molar-refractivity contribution in [2.75, 3.05) is 25.6 Å². The largest absolute Gasteiger partial charge is 0.494 e. The van der Waals surface area contributed by atoms with E-state index in [4.69, 9.17) is 9.47 Å². The molecule has 0 aliphatic carbocycles. The Labute approximate surface area is 93.4 Å². The Morgan fingerprint density at radius 1 is 1.50 bits per heavy atom. The molecule has 0 bridgehead atoms. The molecular formula is C11H14FNO3. The Balaban J connectivity index is 2.55. The zero-order valence-electron chi connectivity index (χ0n) is 9.25. The van der Waals surface area contributed by atoms with Gasteiger partial charge in [-0.05, 0) is 19.1 Å². The third kappa shape index (κ3) is 3.42. The molecule has 16 heavy (non-hydrogen) atoms. The van der Waals surface area contributed by atoms with Crippen molar-refractivity contribution >= 4 is 11.7 Å². The van der Waals surface area contributed by atoms with Gasteiger partial charge in [0.2, 0.25) is 0 Å². The van der Waals surface area contributed by atoms with E-state index in [1.165, 1.54) is 19.2 Å². The number of benzene rings is 1. The van der Waals surface area contributed by atoms with E-state index in [1.807, 2.05) is 0 Å². The lowest BCUT2D eigenvalue weighted by Gasteiger charge is -2.07. The number of carbonyl (C=O) groups is 1. The molecule has 1 rings (SSSR count). The van der Waals surface area contributed by atoms with Crippen molar-refractivity contribution < 1.29 is 18.7 Å². The van der Waals surface area contributed by atoms with Gasteiger partial charge in [0.05, 0.1) is 13.7 Å². The lowest BCUT2D eigenvalue weighted by molar-refractivity contribution is -0.140. The second-order valence-corrected chi connectivity index (χ2v) is 3.01. The molecule has 0 heterocycles. The zero-order valence-corrected chi connectivity index (χ0v) is 9.25. The monoisotopic (exact) mass is 227 g/mol. The molecule has 1 aromatic carbocycles. The van der Waals surface area contributed by atoms with Gasteiger partial charge >= 0.3 is 5.97 Å². The van der Waals surface area contributed by atoms with Crippen LogP contribution < -0.4 is 10.1 Å². The molecular weight excluding hydrogens is 213 g/mol. The second kappa shape index (κ2) is 5.95. The predicted octanol–water partition coefficient (Wildman–Crippen LogP) is 1.81. The lowest BCUT2D eigenvalue weighted by atomic mass is 10.3. The number of rotatable bonds is 5. The molecule has 4 nitrogen and oxygen atoms in total. The molecule has 5 heteroatoms. The fourth-order valence-corrected chi connectivity index (χ4v) is 1.16. The molecule has 0 saturated carbocycles. The van der Waals surface area contributed by atoms with Crippen molar-refractivity contribution in [2.24, 2.45) is 0 Å². The van der Waals surface area contributed by atoms with Crippen LogP contribution in [0.15, 0.2) is 18.2 Å². The second-order valence-electron chi connectivity index (χ2n) is 3.01. The summed E-state index contributed by atoms with van der Waals surface area (Å²) in [6.45, 7) is 2.07. The number of anilines is 1. The number of hydrogen-bond donors (Lipinski definition) is 1. The molecule has 0 unspecified atom stereocenters. The summed E-state index contributed by atoms with van der Waals surface area (Å²) < 4.78 is 22.7. The molecule has 0 radical (unpaired) electrons. The molecule has 1 N–H and O–H groups in total. The highest BCUT2D eigenvalue weighted by molar-refractivity contribution is 5.75. The molecule has 0 saturated heterocycles. The Morgan fingerprint density at radius 3 is 2.81 bits per heavy atom. The minimum atomic E-state index is -0.476. The average Bonchev–Trinajstić information content (AvgIpc) is 2.27. The van der Waals surface area contributed by atoms with E-state index in [2.05, 4.69) is 5.32 Å². The van der Waals surface area contributed by atoms with E-state index in [-0.39, 0.29) is 18.3 Å². The van der Waals surface area contributed by atoms with Crippen molar-refractivity contribution in [3.63, 3.8) is 0 Å². The van der Waals surface area contributed by atoms with Crippen molar-refractivity contribution in [1.29, 1.82) is 0 Å². The number of nitrogens with one attached hydrogen (secondary N) is 1. The van der Waals surface area contributed by atoms with Gasteiger partial charge in [-0.1, -0.05) is 0 Å². The molecule has 0 aliphatic rings. The molecule has 0 fully saturated rings. The molecule has 0 amide bonds. The molecule has 88 valence electrons. The summed E-state index contributed by atoms with van der Waals surface area (Å²) in [7, 11) is 1.39. The van der Waals surface area contributed by atoms with Gasteiger partial charge in [-0.25, -0.2) is 4.39 Å². The number of carbonyl (C=O) groups excluding carboxylic acids is 1. The van der Waals surface area contributed by atoms with Crippen LogP contribution in [-0.4, -0.2) is 26.2 Å². The smallest absolute Gasteiger partial charge is 0.325 e. The van der Waals surface area contributed by atoms with Crippen LogP contribution in [0.25, 0.3) is 0 Å². The van der Waals surface area contributed by atoms with Crippen LogP contribution >= 0.6 is 0 Å². The highest BCUT2D eigenvalue weighted by atomic mass is 19.1. The molecule has 0 atom stereocenters. The summed E-state index contributed by atoms with van der Waals surface area (Å²) in [4.78, 5) is 11.0. The summed E-state index contributed by atoms with van der Waals surface area (Å²) >= 11 is 0. The van der Waals surface area contributed by atoms with E-state index in [9.17, 15) is 9.18 Å². The van der Waals surface area contributed by atoms with Crippen LogP contribution in [0.1, 0.15) is 6.92 Å². The SMILES string of the molecule is CCOC(=O)CNc1ccc(OC)c(F)c1. The summed E-state index contributed by atoms with van der Waals surface area (Å²) in [6.07, 6.45) is 0. The third-order valence-electron chi connectivity index (χ3n) is 1.89. The topological polar surface area (TPSA) is 47.6 Å². The van der Waals surface area contributed by atoms with Crippen molar-refractivity contribution in [3.05, 3.63) is 24.0 Å². The highest BCUT2D eigenvalue weighted by Crippen LogP contribution is 2.20. The fourth-order valence-electron chi connectivity index (χ4n) is 1.16. The predicted molar refractivity (Wildman–Crippen MR) is 58.1 cm³/mol. The summed E-state index contributed by atoms with van der Waals surface area (Å²) in [6, 6.07) is 4.38. The maximum absolute atomic E-state index is 13.2. The third-order valence-corrected chi connectivity index (χ3v) is 1.89. The number of hydrogen-bond acceptors (Lipinski definition) is 4. The van der Waals surface area contributed by atoms with E-state index in [0.29, 0.717) is 12.3 Å². The summed E-state index contributed by atoms with van der Waals surface area (Å²) in [5.41, 5.74) is 0.506. The first-order valence-electron chi connectivity index (χ1n) is 4.90. The van der Waals surface area contributed by atoms with Gasteiger partial charge in [-0.2, -0.15) is 0 Å². The zero-order chi connectivity index (χ0) is 12.0. The number of ether oxygens (including phenoxy) is 2. The maximum atomic E-state index is 13.2. The van der Waals surface area contributed by atoms with Gasteiger partial charge in [-0.15, -0.1) is 0 Å². The fraction of sp³-hybridized carbons (Fsp3) is 0.364. The van der Waals surface area contributed by atoms with Gasteiger partial charge in [0, 0.05) is 11.8 Å². The van der Waals surface area contributed by atoms with Crippen LogP contribution in [-0.2, 0) is 9.53 Å². The Bertz CT molecular complexity index is 368. The van der Waals surface area contributed by atoms with Crippen molar-refractivity contribution in [3.8, 4) is 5.75 Å². The Kier molecular flexibility index (Phi) is 4.57. The molecule has 0 aliphatic heterocycles. The van der Waals surface area contributed by atoms with Crippen LogP contribution in [0.4, 0.5) is 10.1 Å². The number of esters is 1. The van der Waals surface area contributed by atoms with E-state index < -0.39 is 5.82 Å². The summed E-state index contributed by atoms with van der Waals surface area (Å²) in [5, 5.41) is 2.75. The maximum Gasteiger partial charge on any atom is 0.325 e. The van der Waals surface area contributed by atoms with Crippen LogP contribution in [0, 0.1) is 5.82 Å². The first-order valence-corrected chi connectivity index (χ1v) is 4.90. The van der Waals surface area contributed by atoms with Gasteiger partial charge in [0.1, 0.15) is 6.54 Å². The van der Waals surface area contributed by atoms with E-state index in [1.54, 1.807) is 13.0 Å². The molecule has 1 aromatic rings. The summed E-state index contributed by atoms with van der Waals surface area (Å²) in [5.74, 6) is -0.684. The van der Waals surface area contributed by atoms with Crippen molar-refractivity contribution in [1.82, 2.24) is 0 Å². The van der Waals surface area contributed by atoms with Gasteiger partial charge in [0.15, 0.2) is 11.6 Å². The Hall–Kier alpha value is -1.78. The quantitative estimate of drug-likeness (QED) is 0.779. The van der Waals surface area contributed by atoms with E-state index in [0.717, 1.165) is 0 Å². The highest BCUT2D eigenvalue weighted by Gasteiger charge is 2.05. The van der Waals surface area contributed by atoms with Crippen molar-refractivity contribution in [2.45, 2.75) is 6.92 Å². The van der Waals surface area contributed by atoms with Gasteiger partial charge in [0.25, 0.3) is 0 Å². The Morgan fingerprint density at radius 2 is 2.25 bits per heavy atom. The van der Waals surface area contributed by atoms with Gasteiger partial charge < -0.3 is 14.8 Å². The minimum absolute atomic E-state index is 0.0135. The minimum Gasteiger partial charge on any atom is -0.494 e. The van der Waals surface area contributed by atoms with Crippen LogP contribution in [0.2, 0.25) is 0 Å².